The van der Waals surface area contributed by atoms with Gasteiger partial charge in [-0.05, 0) is 18.8 Å². The lowest BCUT2D eigenvalue weighted by Gasteiger charge is -2.10. The number of thioether (sulfide) groups is 1. The fraction of sp³-hybridized carbons (Fsp3) is 0.714. The first-order chi connectivity index (χ1) is 11.1. The number of aromatic nitrogens is 5. The van der Waals surface area contributed by atoms with Gasteiger partial charge in [0, 0.05) is 13.0 Å². The molecule has 1 unspecified atom stereocenters. The molecule has 0 aromatic carbocycles. The van der Waals surface area contributed by atoms with Crippen LogP contribution in [0.15, 0.2) is 14.5 Å². The molecule has 9 heteroatoms. The zero-order chi connectivity index (χ0) is 16.2. The predicted molar refractivity (Wildman–Crippen MR) is 84.2 cm³/mol. The van der Waals surface area contributed by atoms with Crippen molar-refractivity contribution in [3.8, 4) is 0 Å². The van der Waals surface area contributed by atoms with E-state index in [1.54, 1.807) is 4.57 Å². The molecule has 0 radical (unpaired) electrons. The van der Waals surface area contributed by atoms with Gasteiger partial charge in [-0.3, -0.25) is 4.57 Å². The Hall–Kier alpha value is -1.61. The van der Waals surface area contributed by atoms with Gasteiger partial charge in [0.25, 0.3) is 0 Å². The Morgan fingerprint density at radius 3 is 3.09 bits per heavy atom. The van der Waals surface area contributed by atoms with E-state index in [2.05, 4.69) is 34.2 Å². The summed E-state index contributed by atoms with van der Waals surface area (Å²) in [4.78, 5) is 16.2. The van der Waals surface area contributed by atoms with Crippen molar-refractivity contribution in [2.75, 3.05) is 6.61 Å². The van der Waals surface area contributed by atoms with Gasteiger partial charge in [0.15, 0.2) is 11.0 Å². The summed E-state index contributed by atoms with van der Waals surface area (Å²) >= 11 is 1.41. The molecular formula is C14H21N5O3S. The minimum atomic E-state index is -0.214. The van der Waals surface area contributed by atoms with Crippen LogP contribution in [0.3, 0.4) is 0 Å². The van der Waals surface area contributed by atoms with Crippen LogP contribution in [0.2, 0.25) is 0 Å². The highest BCUT2D eigenvalue weighted by atomic mass is 32.2. The Morgan fingerprint density at radius 2 is 2.35 bits per heavy atom. The number of H-pyrrole nitrogens is 1. The molecule has 3 rings (SSSR count). The van der Waals surface area contributed by atoms with Gasteiger partial charge in [-0.2, -0.15) is 4.98 Å². The Labute approximate surface area is 138 Å². The third kappa shape index (κ3) is 4.23. The van der Waals surface area contributed by atoms with Crippen LogP contribution in [0.25, 0.3) is 0 Å². The highest BCUT2D eigenvalue weighted by Crippen LogP contribution is 2.21. The second-order valence-corrected chi connectivity index (χ2v) is 6.99. The Bertz CT molecular complexity index is 687. The molecular weight excluding hydrogens is 318 g/mol. The first-order valence-corrected chi connectivity index (χ1v) is 8.81. The normalized spacial score (nSPS) is 18.1. The van der Waals surface area contributed by atoms with Crippen molar-refractivity contribution in [1.82, 2.24) is 24.9 Å². The summed E-state index contributed by atoms with van der Waals surface area (Å²) in [6.07, 6.45) is 2.90. The number of ether oxygens (including phenoxy) is 1. The number of rotatable bonds is 7. The molecule has 23 heavy (non-hydrogen) atoms. The summed E-state index contributed by atoms with van der Waals surface area (Å²) in [6.45, 7) is 5.51. The van der Waals surface area contributed by atoms with Gasteiger partial charge in [-0.25, -0.2) is 9.89 Å². The standard InChI is InChI=1S/C14H21N5O3S/c1-9(2)6-11-15-12(22-18-11)8-23-14-17-16-13(20)19(14)7-10-4-3-5-21-10/h9-10H,3-8H2,1-2H3,(H,16,20). The monoisotopic (exact) mass is 339 g/mol. The minimum Gasteiger partial charge on any atom is -0.376 e. The lowest BCUT2D eigenvalue weighted by molar-refractivity contribution is 0.0941. The summed E-state index contributed by atoms with van der Waals surface area (Å²) in [5.74, 6) is 2.23. The van der Waals surface area contributed by atoms with Gasteiger partial charge < -0.3 is 9.26 Å². The maximum atomic E-state index is 11.9. The molecule has 0 bridgehead atoms. The molecule has 0 aliphatic carbocycles. The number of aromatic amines is 1. The van der Waals surface area contributed by atoms with E-state index in [1.165, 1.54) is 11.8 Å². The Morgan fingerprint density at radius 1 is 1.48 bits per heavy atom. The van der Waals surface area contributed by atoms with Crippen molar-refractivity contribution in [2.45, 2.75) is 56.7 Å². The predicted octanol–water partition coefficient (Wildman–Crippen LogP) is 1.62. The maximum absolute atomic E-state index is 11.9. The average molecular weight is 339 g/mol. The fourth-order valence-corrected chi connectivity index (χ4v) is 3.28. The smallest absolute Gasteiger partial charge is 0.344 e. The number of hydrogen-bond donors (Lipinski definition) is 1. The highest BCUT2D eigenvalue weighted by molar-refractivity contribution is 7.98. The van der Waals surface area contributed by atoms with Gasteiger partial charge >= 0.3 is 5.69 Å². The largest absolute Gasteiger partial charge is 0.376 e. The van der Waals surface area contributed by atoms with Gasteiger partial charge in [0.1, 0.15) is 0 Å². The molecule has 1 aliphatic heterocycles. The average Bonchev–Trinajstić information content (AvgIpc) is 3.22. The van der Waals surface area contributed by atoms with E-state index in [1.807, 2.05) is 0 Å². The molecule has 0 amide bonds. The summed E-state index contributed by atoms with van der Waals surface area (Å²) in [6, 6.07) is 0. The second kappa shape index (κ2) is 7.31. The van der Waals surface area contributed by atoms with Crippen LogP contribution < -0.4 is 5.69 Å². The molecule has 0 spiro atoms. The zero-order valence-electron chi connectivity index (χ0n) is 13.3. The second-order valence-electron chi connectivity index (χ2n) is 6.05. The van der Waals surface area contributed by atoms with Crippen molar-refractivity contribution < 1.29 is 9.26 Å². The van der Waals surface area contributed by atoms with Crippen molar-refractivity contribution in [3.05, 3.63) is 22.2 Å². The fourth-order valence-electron chi connectivity index (χ4n) is 2.49. The minimum absolute atomic E-state index is 0.0886. The summed E-state index contributed by atoms with van der Waals surface area (Å²) in [7, 11) is 0. The van der Waals surface area contributed by atoms with E-state index in [4.69, 9.17) is 9.26 Å². The third-order valence-corrected chi connectivity index (χ3v) is 4.52. The molecule has 1 N–H and O–H groups in total. The van der Waals surface area contributed by atoms with Gasteiger partial charge in [-0.15, -0.1) is 5.10 Å². The SMILES string of the molecule is CC(C)Cc1noc(CSc2n[nH]c(=O)n2CC2CCCO2)n1. The first-order valence-electron chi connectivity index (χ1n) is 7.83. The van der Waals surface area contributed by atoms with Crippen LogP contribution in [0.5, 0.6) is 0 Å². The lowest BCUT2D eigenvalue weighted by Crippen LogP contribution is -2.24. The summed E-state index contributed by atoms with van der Waals surface area (Å²) < 4.78 is 12.4. The van der Waals surface area contributed by atoms with Crippen LogP contribution in [0.4, 0.5) is 0 Å². The lowest BCUT2D eigenvalue weighted by atomic mass is 10.1. The number of nitrogens with one attached hydrogen (secondary N) is 1. The van der Waals surface area contributed by atoms with Crippen LogP contribution in [-0.2, 0) is 23.5 Å². The molecule has 2 aromatic heterocycles. The zero-order valence-corrected chi connectivity index (χ0v) is 14.1. The van der Waals surface area contributed by atoms with E-state index in [-0.39, 0.29) is 11.8 Å². The van der Waals surface area contributed by atoms with E-state index >= 15 is 0 Å². The van der Waals surface area contributed by atoms with Crippen LogP contribution >= 0.6 is 11.8 Å². The van der Waals surface area contributed by atoms with Gasteiger partial charge in [0.2, 0.25) is 5.89 Å². The Kier molecular flexibility index (Phi) is 5.16. The first kappa shape index (κ1) is 16.3. The van der Waals surface area contributed by atoms with E-state index in [0.717, 1.165) is 31.7 Å². The van der Waals surface area contributed by atoms with E-state index in [9.17, 15) is 4.79 Å². The molecule has 1 atom stereocenters. The molecule has 2 aromatic rings. The maximum Gasteiger partial charge on any atom is 0.344 e. The van der Waals surface area contributed by atoms with Gasteiger partial charge in [-0.1, -0.05) is 30.8 Å². The molecule has 3 heterocycles. The van der Waals surface area contributed by atoms with Crippen LogP contribution in [0, 0.1) is 5.92 Å². The molecule has 126 valence electrons. The number of hydrogen-bond acceptors (Lipinski definition) is 7. The quantitative estimate of drug-likeness (QED) is 0.765. The molecule has 1 aliphatic rings. The van der Waals surface area contributed by atoms with Crippen molar-refractivity contribution in [2.24, 2.45) is 5.92 Å². The van der Waals surface area contributed by atoms with Crippen molar-refractivity contribution in [3.63, 3.8) is 0 Å². The summed E-state index contributed by atoms with van der Waals surface area (Å²) in [5, 5.41) is 11.1. The Balaban J connectivity index is 1.61. The van der Waals surface area contributed by atoms with Crippen LogP contribution in [-0.4, -0.2) is 37.6 Å². The highest BCUT2D eigenvalue weighted by Gasteiger charge is 2.20. The van der Waals surface area contributed by atoms with Gasteiger partial charge in [0.05, 0.1) is 18.4 Å². The molecule has 1 saturated heterocycles. The molecule has 8 nitrogen and oxygen atoms in total. The third-order valence-electron chi connectivity index (χ3n) is 3.56. The molecule has 1 fully saturated rings. The van der Waals surface area contributed by atoms with Crippen molar-refractivity contribution in [1.29, 1.82) is 0 Å². The van der Waals surface area contributed by atoms with E-state index < -0.39 is 0 Å². The van der Waals surface area contributed by atoms with E-state index in [0.29, 0.717) is 29.3 Å². The number of nitrogens with zero attached hydrogens (tertiary/aromatic N) is 4. The molecule has 0 saturated carbocycles. The van der Waals surface area contributed by atoms with Crippen molar-refractivity contribution >= 4 is 11.8 Å². The van der Waals surface area contributed by atoms with Crippen LogP contribution in [0.1, 0.15) is 38.4 Å². The summed E-state index contributed by atoms with van der Waals surface area (Å²) in [5.41, 5.74) is -0.214. The topological polar surface area (TPSA) is 98.8 Å².